The predicted molar refractivity (Wildman–Crippen MR) is 119 cm³/mol. The predicted octanol–water partition coefficient (Wildman–Crippen LogP) is 3.75. The van der Waals surface area contributed by atoms with E-state index in [1.54, 1.807) is 24.3 Å². The number of carbonyl (C=O) groups excluding carboxylic acids is 3. The molecule has 0 fully saturated rings. The van der Waals surface area contributed by atoms with Crippen molar-refractivity contribution in [2.75, 3.05) is 18.5 Å². The largest absolute Gasteiger partial charge is 0.484 e. The van der Waals surface area contributed by atoms with Crippen molar-refractivity contribution in [3.8, 4) is 5.75 Å². The summed E-state index contributed by atoms with van der Waals surface area (Å²) in [6.07, 6.45) is 0.783. The van der Waals surface area contributed by atoms with Crippen molar-refractivity contribution < 1.29 is 23.5 Å². The van der Waals surface area contributed by atoms with E-state index in [0.717, 1.165) is 17.7 Å². The van der Waals surface area contributed by atoms with Crippen LogP contribution in [0.4, 0.5) is 10.1 Å². The maximum atomic E-state index is 13.0. The molecule has 0 saturated heterocycles. The molecule has 3 aromatic carbocycles. The summed E-state index contributed by atoms with van der Waals surface area (Å²) in [6.45, 7) is 1.55. The minimum atomic E-state index is -0.449. The molecule has 0 unspecified atom stereocenters. The molecule has 0 aliphatic rings. The normalized spacial score (nSPS) is 10.3. The van der Waals surface area contributed by atoms with Crippen molar-refractivity contribution in [3.05, 3.63) is 95.3 Å². The Balaban J connectivity index is 1.45. The molecule has 0 atom stereocenters. The SMILES string of the molecule is CCc1ccccc1NC(=O)CNC(=O)COc1ccc(C(=O)c2ccc(F)cc2)cc1. The van der Waals surface area contributed by atoms with Crippen molar-refractivity contribution in [2.24, 2.45) is 0 Å². The van der Waals surface area contributed by atoms with Gasteiger partial charge in [0.15, 0.2) is 12.4 Å². The second kappa shape index (κ2) is 10.9. The van der Waals surface area contributed by atoms with E-state index in [1.165, 1.54) is 24.3 Å². The fourth-order valence-corrected chi connectivity index (χ4v) is 2.99. The first-order valence-corrected chi connectivity index (χ1v) is 10.1. The van der Waals surface area contributed by atoms with E-state index in [1.807, 2.05) is 31.2 Å². The number of carbonyl (C=O) groups is 3. The zero-order valence-corrected chi connectivity index (χ0v) is 17.6. The highest BCUT2D eigenvalue weighted by molar-refractivity contribution is 6.09. The molecule has 32 heavy (non-hydrogen) atoms. The van der Waals surface area contributed by atoms with Gasteiger partial charge in [-0.3, -0.25) is 14.4 Å². The third-order valence-corrected chi connectivity index (χ3v) is 4.71. The van der Waals surface area contributed by atoms with Crippen molar-refractivity contribution in [1.29, 1.82) is 0 Å². The Morgan fingerprint density at radius 2 is 1.47 bits per heavy atom. The monoisotopic (exact) mass is 434 g/mol. The lowest BCUT2D eigenvalue weighted by Gasteiger charge is -2.11. The second-order valence-corrected chi connectivity index (χ2v) is 6.98. The molecule has 6 nitrogen and oxygen atoms in total. The van der Waals surface area contributed by atoms with Gasteiger partial charge >= 0.3 is 0 Å². The molecule has 0 aliphatic carbocycles. The maximum absolute atomic E-state index is 13.0. The van der Waals surface area contributed by atoms with Crippen LogP contribution in [0.5, 0.6) is 5.75 Å². The summed E-state index contributed by atoms with van der Waals surface area (Å²) in [7, 11) is 0. The number of anilines is 1. The van der Waals surface area contributed by atoms with Crippen LogP contribution in [0.2, 0.25) is 0 Å². The number of nitrogens with one attached hydrogen (secondary N) is 2. The number of para-hydroxylation sites is 1. The van der Waals surface area contributed by atoms with Gasteiger partial charge in [-0.2, -0.15) is 0 Å². The Labute approximate surface area is 185 Å². The van der Waals surface area contributed by atoms with Crippen LogP contribution in [0.15, 0.2) is 72.8 Å². The van der Waals surface area contributed by atoms with Gasteiger partial charge < -0.3 is 15.4 Å². The van der Waals surface area contributed by atoms with E-state index in [4.69, 9.17) is 4.74 Å². The summed E-state index contributed by atoms with van der Waals surface area (Å²) >= 11 is 0. The van der Waals surface area contributed by atoms with Gasteiger partial charge in [-0.25, -0.2) is 4.39 Å². The van der Waals surface area contributed by atoms with Crippen molar-refractivity contribution in [2.45, 2.75) is 13.3 Å². The Hall–Kier alpha value is -4.00. The molecule has 0 heterocycles. The smallest absolute Gasteiger partial charge is 0.258 e. The molecule has 0 spiro atoms. The molecule has 2 amide bonds. The summed E-state index contributed by atoms with van der Waals surface area (Å²) in [6, 6.07) is 19.0. The number of ether oxygens (including phenoxy) is 1. The third-order valence-electron chi connectivity index (χ3n) is 4.71. The maximum Gasteiger partial charge on any atom is 0.258 e. The molecule has 2 N–H and O–H groups in total. The van der Waals surface area contributed by atoms with Crippen LogP contribution in [-0.4, -0.2) is 30.7 Å². The van der Waals surface area contributed by atoms with Gasteiger partial charge in [0, 0.05) is 16.8 Å². The third kappa shape index (κ3) is 6.25. The Bertz CT molecular complexity index is 1100. The number of hydrogen-bond donors (Lipinski definition) is 2. The minimum absolute atomic E-state index is 0.175. The summed E-state index contributed by atoms with van der Waals surface area (Å²) < 4.78 is 18.4. The number of aryl methyl sites for hydroxylation is 1. The van der Waals surface area contributed by atoms with E-state index in [2.05, 4.69) is 10.6 Å². The van der Waals surface area contributed by atoms with Gasteiger partial charge in [-0.05, 0) is 66.6 Å². The first kappa shape index (κ1) is 22.7. The van der Waals surface area contributed by atoms with E-state index < -0.39 is 11.7 Å². The van der Waals surface area contributed by atoms with Crippen LogP contribution in [0, 0.1) is 5.82 Å². The zero-order valence-electron chi connectivity index (χ0n) is 17.6. The number of halogens is 1. The first-order chi connectivity index (χ1) is 15.5. The highest BCUT2D eigenvalue weighted by Crippen LogP contribution is 2.16. The number of benzene rings is 3. The van der Waals surface area contributed by atoms with Gasteiger partial charge in [0.05, 0.1) is 6.54 Å². The lowest BCUT2D eigenvalue weighted by atomic mass is 10.0. The highest BCUT2D eigenvalue weighted by Gasteiger charge is 2.11. The fraction of sp³-hybridized carbons (Fsp3) is 0.160. The molecule has 3 aromatic rings. The molecule has 0 aliphatic heterocycles. The van der Waals surface area contributed by atoms with Crippen LogP contribution in [0.1, 0.15) is 28.4 Å². The molecule has 0 aromatic heterocycles. The van der Waals surface area contributed by atoms with Crippen molar-refractivity contribution in [3.63, 3.8) is 0 Å². The molecule has 3 rings (SSSR count). The van der Waals surface area contributed by atoms with Crippen LogP contribution in [0.25, 0.3) is 0 Å². The van der Waals surface area contributed by atoms with E-state index in [0.29, 0.717) is 16.9 Å². The Kier molecular flexibility index (Phi) is 7.70. The second-order valence-electron chi connectivity index (χ2n) is 6.98. The lowest BCUT2D eigenvalue weighted by molar-refractivity contribution is -0.125. The summed E-state index contributed by atoms with van der Waals surface area (Å²) in [4.78, 5) is 36.5. The summed E-state index contributed by atoms with van der Waals surface area (Å²) in [5.41, 5.74) is 2.52. The lowest BCUT2D eigenvalue weighted by Crippen LogP contribution is -2.35. The van der Waals surface area contributed by atoms with Crippen molar-refractivity contribution in [1.82, 2.24) is 5.32 Å². The van der Waals surface area contributed by atoms with Crippen LogP contribution >= 0.6 is 0 Å². The summed E-state index contributed by atoms with van der Waals surface area (Å²) in [5, 5.41) is 5.28. The molecule has 0 bridgehead atoms. The van der Waals surface area contributed by atoms with Crippen LogP contribution in [0.3, 0.4) is 0 Å². The van der Waals surface area contributed by atoms with Crippen LogP contribution in [-0.2, 0) is 16.0 Å². The minimum Gasteiger partial charge on any atom is -0.484 e. The van der Waals surface area contributed by atoms with E-state index in [9.17, 15) is 18.8 Å². The number of rotatable bonds is 9. The van der Waals surface area contributed by atoms with Gasteiger partial charge in [-0.15, -0.1) is 0 Å². The molecule has 164 valence electrons. The number of hydrogen-bond acceptors (Lipinski definition) is 4. The number of ketones is 1. The molecule has 7 heteroatoms. The summed E-state index contributed by atoms with van der Waals surface area (Å²) in [5.74, 6) is -1.03. The Morgan fingerprint density at radius 1 is 0.844 bits per heavy atom. The van der Waals surface area contributed by atoms with Gasteiger partial charge in [0.1, 0.15) is 11.6 Å². The fourth-order valence-electron chi connectivity index (χ4n) is 2.99. The van der Waals surface area contributed by atoms with E-state index in [-0.39, 0.29) is 24.8 Å². The molecule has 0 saturated carbocycles. The van der Waals surface area contributed by atoms with Gasteiger partial charge in [-0.1, -0.05) is 25.1 Å². The van der Waals surface area contributed by atoms with Gasteiger partial charge in [0.25, 0.3) is 5.91 Å². The van der Waals surface area contributed by atoms with Crippen molar-refractivity contribution >= 4 is 23.3 Å². The van der Waals surface area contributed by atoms with Crippen LogP contribution < -0.4 is 15.4 Å². The number of amides is 2. The molecular formula is C25H23FN2O4. The Morgan fingerprint density at radius 3 is 2.12 bits per heavy atom. The first-order valence-electron chi connectivity index (χ1n) is 10.1. The average molecular weight is 434 g/mol. The zero-order chi connectivity index (χ0) is 22.9. The quantitative estimate of drug-likeness (QED) is 0.503. The molecule has 0 radical (unpaired) electrons. The highest BCUT2D eigenvalue weighted by atomic mass is 19.1. The van der Waals surface area contributed by atoms with Gasteiger partial charge in [0.2, 0.25) is 5.91 Å². The topological polar surface area (TPSA) is 84.5 Å². The standard InChI is InChI=1S/C25H23FN2O4/c1-2-17-5-3-4-6-22(17)28-23(29)15-27-24(30)16-32-21-13-9-19(10-14-21)25(31)18-7-11-20(26)12-8-18/h3-14H,2,15-16H2,1H3,(H,27,30)(H,28,29). The van der Waals surface area contributed by atoms with E-state index >= 15 is 0 Å². The average Bonchev–Trinajstić information content (AvgIpc) is 2.82. The molecular weight excluding hydrogens is 411 g/mol.